The van der Waals surface area contributed by atoms with Crippen LogP contribution in [0.3, 0.4) is 0 Å². The first kappa shape index (κ1) is 13.7. The Labute approximate surface area is 114 Å². The minimum atomic E-state index is -0.155. The minimum absolute atomic E-state index is 0.155. The van der Waals surface area contributed by atoms with Crippen LogP contribution < -0.4 is 4.74 Å². The number of hydrogen-bond acceptors (Lipinski definition) is 2. The monoisotopic (exact) mass is 268 g/mol. The molecule has 2 atom stereocenters. The third kappa shape index (κ3) is 1.66. The molecule has 0 heterocycles. The second kappa shape index (κ2) is 4.43. The summed E-state index contributed by atoms with van der Waals surface area (Å²) in [6.45, 7) is 8.39. The van der Waals surface area contributed by atoms with Crippen LogP contribution in [0.5, 0.6) is 5.75 Å². The summed E-state index contributed by atoms with van der Waals surface area (Å²) in [5, 5.41) is 10.6. The molecule has 0 bridgehead atoms. The lowest BCUT2D eigenvalue weighted by Crippen LogP contribution is -2.19. The summed E-state index contributed by atoms with van der Waals surface area (Å²) >= 11 is 6.42. The van der Waals surface area contributed by atoms with Crippen molar-refractivity contribution in [2.24, 2.45) is 5.92 Å². The van der Waals surface area contributed by atoms with Crippen molar-refractivity contribution in [2.75, 3.05) is 13.7 Å². The molecule has 2 rings (SSSR count). The van der Waals surface area contributed by atoms with Gasteiger partial charge in [-0.25, -0.2) is 0 Å². The molecule has 1 aliphatic carbocycles. The summed E-state index contributed by atoms with van der Waals surface area (Å²) in [6.07, 6.45) is 1.000. The van der Waals surface area contributed by atoms with Crippen LogP contribution in [-0.4, -0.2) is 18.8 Å². The van der Waals surface area contributed by atoms with Gasteiger partial charge in [0, 0.05) is 16.0 Å². The van der Waals surface area contributed by atoms with Crippen molar-refractivity contribution < 1.29 is 9.84 Å². The van der Waals surface area contributed by atoms with Gasteiger partial charge in [0.2, 0.25) is 0 Å². The third-order valence-electron chi connectivity index (χ3n) is 4.60. The molecule has 0 radical (unpaired) electrons. The second-order valence-corrected chi connectivity index (χ2v) is 5.89. The first-order valence-electron chi connectivity index (χ1n) is 6.35. The molecular weight excluding hydrogens is 248 g/mol. The minimum Gasteiger partial charge on any atom is -0.496 e. The van der Waals surface area contributed by atoms with E-state index in [-0.39, 0.29) is 12.0 Å². The van der Waals surface area contributed by atoms with E-state index in [4.69, 9.17) is 16.3 Å². The molecule has 1 fully saturated rings. The Balaban J connectivity index is 2.74. The molecule has 1 aliphatic rings. The lowest BCUT2D eigenvalue weighted by Gasteiger charge is -2.24. The molecule has 1 N–H and O–H groups in total. The van der Waals surface area contributed by atoms with E-state index in [1.807, 2.05) is 20.8 Å². The van der Waals surface area contributed by atoms with Crippen LogP contribution in [0.2, 0.25) is 5.02 Å². The molecule has 0 aromatic heterocycles. The van der Waals surface area contributed by atoms with Gasteiger partial charge in [0.15, 0.2) is 0 Å². The smallest absolute Gasteiger partial charge is 0.126 e. The zero-order valence-electron chi connectivity index (χ0n) is 11.7. The molecule has 1 aromatic carbocycles. The van der Waals surface area contributed by atoms with Crippen molar-refractivity contribution in [2.45, 2.75) is 39.5 Å². The highest BCUT2D eigenvalue weighted by Gasteiger charge is 2.54. The molecular formula is C15H21ClO2. The highest BCUT2D eigenvalue weighted by Crippen LogP contribution is 2.58. The predicted molar refractivity (Wildman–Crippen MR) is 74.8 cm³/mol. The molecule has 0 spiro atoms. The fraction of sp³-hybridized carbons (Fsp3) is 0.600. The van der Waals surface area contributed by atoms with Gasteiger partial charge in [-0.15, -0.1) is 0 Å². The average Bonchev–Trinajstić information content (AvgIpc) is 3.02. The summed E-state index contributed by atoms with van der Waals surface area (Å²) < 4.78 is 5.60. The van der Waals surface area contributed by atoms with Crippen molar-refractivity contribution in [1.82, 2.24) is 0 Å². The van der Waals surface area contributed by atoms with Gasteiger partial charge in [-0.3, -0.25) is 0 Å². The standard InChI is InChI=1S/C15H21ClO2/c1-8-6-15(8,7-17)12-11(4)13(16)9(2)10(3)14(12)18-5/h8,17H,6-7H2,1-5H3. The summed E-state index contributed by atoms with van der Waals surface area (Å²) in [5.74, 6) is 1.38. The van der Waals surface area contributed by atoms with Gasteiger partial charge in [0.25, 0.3) is 0 Å². The van der Waals surface area contributed by atoms with Gasteiger partial charge in [-0.1, -0.05) is 18.5 Å². The van der Waals surface area contributed by atoms with Crippen LogP contribution in [0.25, 0.3) is 0 Å². The molecule has 3 heteroatoms. The lowest BCUT2D eigenvalue weighted by molar-refractivity contribution is 0.243. The van der Waals surface area contributed by atoms with Crippen LogP contribution in [0, 0.1) is 26.7 Å². The van der Waals surface area contributed by atoms with E-state index in [2.05, 4.69) is 6.92 Å². The fourth-order valence-electron chi connectivity index (χ4n) is 3.07. The molecule has 1 saturated carbocycles. The largest absolute Gasteiger partial charge is 0.496 e. The fourth-order valence-corrected chi connectivity index (χ4v) is 3.31. The molecule has 2 nitrogen and oxygen atoms in total. The van der Waals surface area contributed by atoms with E-state index in [0.29, 0.717) is 5.92 Å². The number of halogens is 1. The average molecular weight is 269 g/mol. The Kier molecular flexibility index (Phi) is 3.37. The normalized spacial score (nSPS) is 26.3. The number of rotatable bonds is 3. The predicted octanol–water partition coefficient (Wildman–Crippen LogP) is 3.54. The molecule has 0 aliphatic heterocycles. The number of benzene rings is 1. The molecule has 0 amide bonds. The molecule has 18 heavy (non-hydrogen) atoms. The van der Waals surface area contributed by atoms with Gasteiger partial charge in [-0.05, 0) is 49.8 Å². The summed E-state index contributed by atoms with van der Waals surface area (Å²) in [5.41, 5.74) is 4.15. The van der Waals surface area contributed by atoms with Crippen LogP contribution in [0.1, 0.15) is 35.6 Å². The Morgan fingerprint density at radius 1 is 1.28 bits per heavy atom. The van der Waals surface area contributed by atoms with E-state index in [1.54, 1.807) is 7.11 Å². The van der Waals surface area contributed by atoms with Crippen LogP contribution in [0.4, 0.5) is 0 Å². The summed E-state index contributed by atoms with van der Waals surface area (Å²) in [7, 11) is 1.69. The molecule has 2 unspecified atom stereocenters. The van der Waals surface area contributed by atoms with Crippen molar-refractivity contribution >= 4 is 11.6 Å². The van der Waals surface area contributed by atoms with Crippen molar-refractivity contribution in [3.8, 4) is 5.75 Å². The lowest BCUT2D eigenvalue weighted by atomic mass is 9.86. The van der Waals surface area contributed by atoms with Crippen LogP contribution >= 0.6 is 11.6 Å². The SMILES string of the molecule is COc1c(C)c(C)c(Cl)c(C)c1C1(CO)CC1C. The van der Waals surface area contributed by atoms with E-state index in [1.165, 1.54) is 0 Å². The highest BCUT2D eigenvalue weighted by atomic mass is 35.5. The maximum atomic E-state index is 9.78. The van der Waals surface area contributed by atoms with Gasteiger partial charge in [-0.2, -0.15) is 0 Å². The Morgan fingerprint density at radius 2 is 1.83 bits per heavy atom. The maximum absolute atomic E-state index is 9.78. The van der Waals surface area contributed by atoms with Gasteiger partial charge >= 0.3 is 0 Å². The number of aliphatic hydroxyl groups is 1. The maximum Gasteiger partial charge on any atom is 0.126 e. The number of ether oxygens (including phenoxy) is 1. The van der Waals surface area contributed by atoms with Gasteiger partial charge < -0.3 is 9.84 Å². The summed E-state index contributed by atoms with van der Waals surface area (Å²) in [4.78, 5) is 0. The molecule has 1 aromatic rings. The Morgan fingerprint density at radius 3 is 2.22 bits per heavy atom. The Hall–Kier alpha value is -0.730. The number of aliphatic hydroxyl groups excluding tert-OH is 1. The topological polar surface area (TPSA) is 29.5 Å². The first-order valence-corrected chi connectivity index (χ1v) is 6.73. The van der Waals surface area contributed by atoms with E-state index < -0.39 is 0 Å². The van der Waals surface area contributed by atoms with E-state index in [9.17, 15) is 5.11 Å². The zero-order valence-corrected chi connectivity index (χ0v) is 12.5. The van der Waals surface area contributed by atoms with Crippen LogP contribution in [-0.2, 0) is 5.41 Å². The van der Waals surface area contributed by atoms with Crippen molar-refractivity contribution in [3.63, 3.8) is 0 Å². The van der Waals surface area contributed by atoms with E-state index in [0.717, 1.165) is 39.4 Å². The molecule has 100 valence electrons. The quantitative estimate of drug-likeness (QED) is 0.909. The zero-order chi connectivity index (χ0) is 13.7. The van der Waals surface area contributed by atoms with Crippen LogP contribution in [0.15, 0.2) is 0 Å². The first-order chi connectivity index (χ1) is 8.40. The molecule has 0 saturated heterocycles. The van der Waals surface area contributed by atoms with Gasteiger partial charge in [0.1, 0.15) is 5.75 Å². The Bertz CT molecular complexity index is 492. The van der Waals surface area contributed by atoms with E-state index >= 15 is 0 Å². The highest BCUT2D eigenvalue weighted by molar-refractivity contribution is 6.32. The number of hydrogen-bond donors (Lipinski definition) is 1. The summed E-state index contributed by atoms with van der Waals surface area (Å²) in [6, 6.07) is 0. The van der Waals surface area contributed by atoms with Crippen molar-refractivity contribution in [1.29, 1.82) is 0 Å². The van der Waals surface area contributed by atoms with Crippen molar-refractivity contribution in [3.05, 3.63) is 27.3 Å². The number of methoxy groups -OCH3 is 1. The van der Waals surface area contributed by atoms with Gasteiger partial charge in [0.05, 0.1) is 13.7 Å². The third-order valence-corrected chi connectivity index (χ3v) is 5.17. The second-order valence-electron chi connectivity index (χ2n) is 5.52.